The molecule has 0 radical (unpaired) electrons. The second-order valence-corrected chi connectivity index (χ2v) is 10.2. The van der Waals surface area contributed by atoms with Crippen LogP contribution in [0.4, 0.5) is 0 Å². The van der Waals surface area contributed by atoms with Gasteiger partial charge in [0.25, 0.3) is 0 Å². The van der Waals surface area contributed by atoms with E-state index < -0.39 is 28.7 Å². The fourth-order valence-electron chi connectivity index (χ4n) is 1.43. The highest BCUT2D eigenvalue weighted by molar-refractivity contribution is 14.2. The molecule has 90 valence electrons. The van der Waals surface area contributed by atoms with Crippen LogP contribution in [0.1, 0.15) is 6.92 Å². The Morgan fingerprint density at radius 3 is 2.41 bits per heavy atom. The summed E-state index contributed by atoms with van der Waals surface area (Å²) in [7, 11) is -3.34. The molecule has 0 aromatic heterocycles. The van der Waals surface area contributed by atoms with Gasteiger partial charge >= 0.3 is 0 Å². The Balaban J connectivity index is 2.48. The van der Waals surface area contributed by atoms with E-state index >= 15 is 0 Å². The molecule has 0 aliphatic carbocycles. The Morgan fingerprint density at radius 2 is 1.88 bits per heavy atom. The van der Waals surface area contributed by atoms with Gasteiger partial charge < -0.3 is 0 Å². The third-order valence-electron chi connectivity index (χ3n) is 2.36. The van der Waals surface area contributed by atoms with Gasteiger partial charge in [-0.1, -0.05) is 22.2 Å². The molecule has 0 bridgehead atoms. The lowest BCUT2D eigenvalue weighted by Crippen LogP contribution is -2.03. The molecular formula is C13H13IO2S. The van der Waals surface area contributed by atoms with Crippen LogP contribution >= 0.6 is 18.9 Å². The van der Waals surface area contributed by atoms with Gasteiger partial charge in [0.15, 0.2) is 0 Å². The molecule has 2 nitrogen and oxygen atoms in total. The van der Waals surface area contributed by atoms with Crippen LogP contribution in [-0.4, -0.2) is 16.4 Å². The quantitative estimate of drug-likeness (QED) is 0.760. The standard InChI is InChI=1S/C13H13IO2S/c1-2-14-10-8-13(9-11-14)17(15,16)12-6-4-3-5-7-12/h2-11H,1H3. The molecule has 0 spiro atoms. The maximum Gasteiger partial charge on any atom is 0.206 e. The fraction of sp³-hybridized carbons (Fsp3) is 0.0769. The third kappa shape index (κ3) is 2.69. The Kier molecular flexibility index (Phi) is 3.83. The Bertz CT molecular complexity index is 659. The van der Waals surface area contributed by atoms with E-state index in [1.807, 2.05) is 21.1 Å². The average molecular weight is 360 g/mol. The second kappa shape index (κ2) is 5.18. The predicted octanol–water partition coefficient (Wildman–Crippen LogP) is 3.00. The van der Waals surface area contributed by atoms with E-state index in [1.165, 1.54) is 0 Å². The van der Waals surface area contributed by atoms with Crippen LogP contribution in [0.2, 0.25) is 0 Å². The number of hydrogen-bond acceptors (Lipinski definition) is 2. The topological polar surface area (TPSA) is 34.1 Å². The van der Waals surface area contributed by atoms with Crippen molar-refractivity contribution in [3.8, 4) is 0 Å². The zero-order chi connectivity index (χ0) is 12.3. The van der Waals surface area contributed by atoms with E-state index in [0.29, 0.717) is 9.80 Å². The van der Waals surface area contributed by atoms with Gasteiger partial charge in [0.05, 0.1) is 9.80 Å². The smallest absolute Gasteiger partial charge is 0.206 e. The highest BCUT2D eigenvalue weighted by Crippen LogP contribution is 2.25. The highest BCUT2D eigenvalue weighted by Gasteiger charge is 2.18. The summed E-state index contributed by atoms with van der Waals surface area (Å²) in [5.74, 6) is 0. The number of halogens is 1. The van der Waals surface area contributed by atoms with Crippen molar-refractivity contribution in [2.45, 2.75) is 11.8 Å². The van der Waals surface area contributed by atoms with Crippen LogP contribution in [-0.2, 0) is 9.84 Å². The summed E-state index contributed by atoms with van der Waals surface area (Å²) in [4.78, 5) is 0.742. The van der Waals surface area contributed by atoms with Crippen molar-refractivity contribution in [2.75, 3.05) is 0 Å². The first kappa shape index (κ1) is 12.6. The zero-order valence-electron chi connectivity index (χ0n) is 9.38. The number of benzene rings is 1. The highest BCUT2D eigenvalue weighted by atomic mass is 127. The van der Waals surface area contributed by atoms with E-state index in [0.717, 1.165) is 0 Å². The maximum atomic E-state index is 12.2. The van der Waals surface area contributed by atoms with E-state index in [1.54, 1.807) is 36.4 Å². The zero-order valence-corrected chi connectivity index (χ0v) is 12.4. The summed E-state index contributed by atoms with van der Waals surface area (Å²) >= 11 is -1.25. The van der Waals surface area contributed by atoms with Crippen molar-refractivity contribution < 1.29 is 8.42 Å². The molecule has 1 aliphatic rings. The van der Waals surface area contributed by atoms with Crippen LogP contribution in [0.3, 0.4) is 0 Å². The van der Waals surface area contributed by atoms with E-state index in [4.69, 9.17) is 0 Å². The first-order valence-electron chi connectivity index (χ1n) is 5.13. The molecule has 0 saturated heterocycles. The molecular weight excluding hydrogens is 347 g/mol. The summed E-state index contributed by atoms with van der Waals surface area (Å²) in [6.07, 6.45) is 3.49. The summed E-state index contributed by atoms with van der Waals surface area (Å²) < 4.78 is 30.8. The molecule has 1 aromatic rings. The number of allylic oxidation sites excluding steroid dienone is 2. The van der Waals surface area contributed by atoms with Crippen molar-refractivity contribution in [1.29, 1.82) is 0 Å². The van der Waals surface area contributed by atoms with Crippen LogP contribution in [0.25, 0.3) is 0 Å². The van der Waals surface area contributed by atoms with Gasteiger partial charge in [0.2, 0.25) is 9.84 Å². The van der Waals surface area contributed by atoms with Crippen LogP contribution in [0.15, 0.2) is 56.4 Å². The Labute approximate surface area is 108 Å². The minimum atomic E-state index is -3.34. The summed E-state index contributed by atoms with van der Waals surface area (Å²) in [6, 6.07) is 8.54. The van der Waals surface area contributed by atoms with Crippen LogP contribution in [0, 0.1) is 0 Å². The van der Waals surface area contributed by atoms with Gasteiger partial charge in [-0.2, -0.15) is 0 Å². The van der Waals surface area contributed by atoms with Crippen molar-refractivity contribution in [3.63, 3.8) is 0 Å². The molecule has 1 aromatic carbocycles. The number of sulfone groups is 1. The molecule has 4 heteroatoms. The first-order valence-corrected chi connectivity index (χ1v) is 10.3. The lowest BCUT2D eigenvalue weighted by atomic mass is 10.4. The minimum absolute atomic E-state index is 0.354. The van der Waals surface area contributed by atoms with Gasteiger partial charge in [0.1, 0.15) is 0 Å². The fourth-order valence-corrected chi connectivity index (χ4v) is 5.87. The molecule has 0 amide bonds. The normalized spacial score (nSPS) is 19.8. The minimum Gasteiger partial charge on any atom is -0.219 e. The second-order valence-electron chi connectivity index (χ2n) is 3.40. The van der Waals surface area contributed by atoms with Gasteiger partial charge in [0, 0.05) is 0 Å². The molecule has 2 rings (SSSR count). The number of hydrogen-bond donors (Lipinski definition) is 0. The summed E-state index contributed by atoms with van der Waals surface area (Å²) in [5, 5.41) is 0. The first-order chi connectivity index (χ1) is 8.14. The molecule has 0 unspecified atom stereocenters. The van der Waals surface area contributed by atoms with Gasteiger partial charge in [-0.3, -0.25) is 0 Å². The van der Waals surface area contributed by atoms with Crippen LogP contribution < -0.4 is 0 Å². The Hall–Kier alpha value is -0.880. The van der Waals surface area contributed by atoms with Crippen molar-refractivity contribution in [3.05, 3.63) is 51.5 Å². The molecule has 0 N–H and O–H groups in total. The Morgan fingerprint density at radius 1 is 1.18 bits per heavy atom. The van der Waals surface area contributed by atoms with Gasteiger partial charge in [-0.05, 0) is 39.3 Å². The SMILES string of the molecule is CC=I1=CC=C(S(=O)(=O)c2ccccc2)C=C1. The molecule has 1 aliphatic heterocycles. The molecule has 0 atom stereocenters. The summed E-state index contributed by atoms with van der Waals surface area (Å²) in [5.41, 5.74) is 0. The van der Waals surface area contributed by atoms with E-state index in [2.05, 4.69) is 4.01 Å². The maximum absolute atomic E-state index is 12.2. The van der Waals surface area contributed by atoms with Crippen LogP contribution in [0.5, 0.6) is 0 Å². The van der Waals surface area contributed by atoms with Gasteiger partial charge in [-0.15, -0.1) is 18.9 Å². The van der Waals surface area contributed by atoms with Crippen molar-refractivity contribution >= 4 is 36.7 Å². The molecule has 17 heavy (non-hydrogen) atoms. The predicted molar refractivity (Wildman–Crippen MR) is 82.7 cm³/mol. The lowest BCUT2D eigenvalue weighted by molar-refractivity contribution is 0.603. The van der Waals surface area contributed by atoms with Crippen molar-refractivity contribution in [2.24, 2.45) is 0 Å². The van der Waals surface area contributed by atoms with Crippen molar-refractivity contribution in [1.82, 2.24) is 0 Å². The van der Waals surface area contributed by atoms with E-state index in [-0.39, 0.29) is 0 Å². The number of rotatable bonds is 2. The molecule has 0 fully saturated rings. The third-order valence-corrected chi connectivity index (χ3v) is 7.97. The molecule has 1 heterocycles. The average Bonchev–Trinajstić information content (AvgIpc) is 2.40. The monoisotopic (exact) mass is 360 g/mol. The largest absolute Gasteiger partial charge is 0.219 e. The van der Waals surface area contributed by atoms with E-state index in [9.17, 15) is 8.42 Å². The molecule has 0 saturated carbocycles. The van der Waals surface area contributed by atoms with Gasteiger partial charge in [-0.25, -0.2) is 8.42 Å². The lowest BCUT2D eigenvalue weighted by Gasteiger charge is -2.06. The summed E-state index contributed by atoms with van der Waals surface area (Å²) in [6.45, 7) is 2.02.